The molecule has 0 unspecified atom stereocenters. The topological polar surface area (TPSA) is 68.9 Å². The summed E-state index contributed by atoms with van der Waals surface area (Å²) in [4.78, 5) is 29.9. The molecule has 5 heteroatoms. The van der Waals surface area contributed by atoms with Crippen molar-refractivity contribution >= 4 is 23.0 Å². The highest BCUT2D eigenvalue weighted by Crippen LogP contribution is 2.52. The highest BCUT2D eigenvalue weighted by molar-refractivity contribution is 6.09. The summed E-state index contributed by atoms with van der Waals surface area (Å²) < 4.78 is 5.17. The quantitative estimate of drug-likeness (QED) is 0.106. The lowest BCUT2D eigenvalue weighted by Crippen LogP contribution is -2.25. The van der Waals surface area contributed by atoms with Crippen LogP contribution in [0.5, 0.6) is 0 Å². The van der Waals surface area contributed by atoms with Crippen molar-refractivity contribution in [1.82, 2.24) is 0 Å². The van der Waals surface area contributed by atoms with Crippen LogP contribution in [-0.4, -0.2) is 17.5 Å². The number of hydrogen-bond donors (Lipinski definition) is 0. The van der Waals surface area contributed by atoms with Crippen molar-refractivity contribution < 1.29 is 18.8 Å². The van der Waals surface area contributed by atoms with E-state index in [4.69, 9.17) is 9.25 Å². The van der Waals surface area contributed by atoms with Gasteiger partial charge in [-0.15, -0.1) is 0 Å². The third-order valence-electron chi connectivity index (χ3n) is 8.02. The van der Waals surface area contributed by atoms with Gasteiger partial charge >= 0.3 is 5.97 Å². The largest absolute Gasteiger partial charge is 0.472 e. The van der Waals surface area contributed by atoms with Gasteiger partial charge in [0.1, 0.15) is 6.26 Å². The number of ketones is 1. The van der Waals surface area contributed by atoms with Crippen LogP contribution in [0.4, 0.5) is 0 Å². The van der Waals surface area contributed by atoms with E-state index in [1.165, 1.54) is 41.7 Å². The molecule has 1 aliphatic rings. The third kappa shape index (κ3) is 5.65. The molecule has 0 fully saturated rings. The lowest BCUT2D eigenvalue weighted by Gasteiger charge is -2.33. The van der Waals surface area contributed by atoms with Crippen LogP contribution in [0.1, 0.15) is 98.5 Å². The molecule has 0 spiro atoms. The van der Waals surface area contributed by atoms with Gasteiger partial charge < -0.3 is 9.25 Å². The summed E-state index contributed by atoms with van der Waals surface area (Å²) >= 11 is 0. The summed E-state index contributed by atoms with van der Waals surface area (Å²) in [7, 11) is 0. The van der Waals surface area contributed by atoms with E-state index in [-0.39, 0.29) is 17.1 Å². The van der Waals surface area contributed by atoms with Crippen molar-refractivity contribution in [2.75, 3.05) is 0 Å². The molecule has 0 saturated carbocycles. The molecule has 0 amide bonds. The van der Waals surface area contributed by atoms with Crippen LogP contribution >= 0.6 is 0 Å². The van der Waals surface area contributed by atoms with E-state index in [1.807, 2.05) is 37.3 Å². The summed E-state index contributed by atoms with van der Waals surface area (Å²) in [5.74, 6) is -0.591. The number of fused-ring (bicyclic) bond motifs is 1. The fourth-order valence-electron chi connectivity index (χ4n) is 6.06. The SMILES string of the molecule is CCCC1(CCC)C(C)=C(/C=C\[C@H](C)/C(=N\OC(C)=O)c2ccccc2C)c2ccc(C(=O)c3ccoc3)cc21. The zero-order chi connectivity index (χ0) is 28.9. The first-order valence-electron chi connectivity index (χ1n) is 14.2. The highest BCUT2D eigenvalue weighted by atomic mass is 16.7. The minimum Gasteiger partial charge on any atom is -0.472 e. The number of hydrogen-bond acceptors (Lipinski definition) is 5. The summed E-state index contributed by atoms with van der Waals surface area (Å²) in [5, 5.41) is 4.26. The predicted octanol–water partition coefficient (Wildman–Crippen LogP) is 8.60. The van der Waals surface area contributed by atoms with Gasteiger partial charge in [0.05, 0.1) is 17.5 Å². The van der Waals surface area contributed by atoms with Gasteiger partial charge in [0, 0.05) is 29.4 Å². The van der Waals surface area contributed by atoms with Crippen LogP contribution in [0.15, 0.2) is 88.4 Å². The molecule has 1 aromatic heterocycles. The standard InChI is InChI=1S/C35H39NO4/c1-7-18-35(19-8-2)25(5)30(31-16-14-27(21-32(31)35)34(38)28-17-20-39-22-28)15-13-24(4)33(36-40-26(6)37)29-12-10-9-11-23(29)3/h9-17,20-22,24H,7-8,18-19H2,1-6H3/b15-13-,36-33+/t24-/m0/s1. The molecule has 0 radical (unpaired) electrons. The van der Waals surface area contributed by atoms with E-state index >= 15 is 0 Å². The predicted molar refractivity (Wildman–Crippen MR) is 160 cm³/mol. The van der Waals surface area contributed by atoms with Gasteiger partial charge in [0.25, 0.3) is 0 Å². The first-order valence-corrected chi connectivity index (χ1v) is 14.2. The maximum atomic E-state index is 13.2. The second kappa shape index (κ2) is 12.5. The average molecular weight is 538 g/mol. The van der Waals surface area contributed by atoms with Gasteiger partial charge in [-0.2, -0.15) is 0 Å². The Morgan fingerprint density at radius 3 is 2.38 bits per heavy atom. The van der Waals surface area contributed by atoms with Crippen LogP contribution in [0.3, 0.4) is 0 Å². The number of rotatable bonds is 11. The van der Waals surface area contributed by atoms with E-state index < -0.39 is 5.97 Å². The Morgan fingerprint density at radius 2 is 1.75 bits per heavy atom. The monoisotopic (exact) mass is 537 g/mol. The van der Waals surface area contributed by atoms with E-state index in [1.54, 1.807) is 6.07 Å². The molecule has 40 heavy (non-hydrogen) atoms. The number of aryl methyl sites for hydroxylation is 1. The zero-order valence-electron chi connectivity index (χ0n) is 24.4. The van der Waals surface area contributed by atoms with Gasteiger partial charge in [-0.25, -0.2) is 4.79 Å². The second-order valence-corrected chi connectivity index (χ2v) is 10.7. The molecular weight excluding hydrogens is 498 g/mol. The third-order valence-corrected chi connectivity index (χ3v) is 8.02. The number of furan rings is 1. The highest BCUT2D eigenvalue weighted by Gasteiger charge is 2.41. The Balaban J connectivity index is 1.78. The van der Waals surface area contributed by atoms with Crippen molar-refractivity contribution in [2.45, 2.75) is 72.6 Å². The fourth-order valence-corrected chi connectivity index (χ4v) is 6.06. The van der Waals surface area contributed by atoms with Gasteiger partial charge in [0.15, 0.2) is 5.78 Å². The Hall–Kier alpha value is -3.99. The second-order valence-electron chi connectivity index (χ2n) is 10.7. The number of carbonyl (C=O) groups is 2. The molecule has 1 atom stereocenters. The Bertz CT molecular complexity index is 1470. The van der Waals surface area contributed by atoms with Crippen LogP contribution < -0.4 is 0 Å². The van der Waals surface area contributed by atoms with Crippen molar-refractivity contribution in [2.24, 2.45) is 11.1 Å². The molecule has 208 valence electrons. The van der Waals surface area contributed by atoms with Crippen molar-refractivity contribution in [3.8, 4) is 0 Å². The number of benzene rings is 2. The lowest BCUT2D eigenvalue weighted by molar-refractivity contribution is -0.140. The molecule has 0 aliphatic heterocycles. The molecular formula is C35H39NO4. The maximum Gasteiger partial charge on any atom is 0.331 e. The lowest BCUT2D eigenvalue weighted by atomic mass is 9.70. The van der Waals surface area contributed by atoms with E-state index in [0.29, 0.717) is 16.8 Å². The molecule has 5 nitrogen and oxygen atoms in total. The van der Waals surface area contributed by atoms with Crippen LogP contribution in [0.2, 0.25) is 0 Å². The van der Waals surface area contributed by atoms with Crippen molar-refractivity contribution in [3.63, 3.8) is 0 Å². The summed E-state index contributed by atoms with van der Waals surface area (Å²) in [6, 6.07) is 15.8. The number of nitrogens with zero attached hydrogens (tertiary/aromatic N) is 1. The first-order chi connectivity index (χ1) is 19.2. The number of oxime groups is 1. The molecule has 2 aromatic carbocycles. The molecule has 0 N–H and O–H groups in total. The molecule has 1 heterocycles. The Kier molecular flexibility index (Phi) is 9.03. The minimum atomic E-state index is -0.449. The number of allylic oxidation sites excluding steroid dienone is 4. The Morgan fingerprint density at radius 1 is 1.02 bits per heavy atom. The molecule has 0 saturated heterocycles. The minimum absolute atomic E-state index is 0.0294. The molecule has 4 rings (SSSR count). The summed E-state index contributed by atoms with van der Waals surface area (Å²) in [6.45, 7) is 12.1. The van der Waals surface area contributed by atoms with Crippen molar-refractivity contribution in [1.29, 1.82) is 0 Å². The normalized spacial score (nSPS) is 15.4. The zero-order valence-corrected chi connectivity index (χ0v) is 24.4. The number of carbonyl (C=O) groups excluding carboxylic acids is 2. The fraction of sp³-hybridized carbons (Fsp3) is 0.343. The summed E-state index contributed by atoms with van der Waals surface area (Å²) in [5.41, 5.74) is 8.74. The average Bonchev–Trinajstić information content (AvgIpc) is 3.55. The van der Waals surface area contributed by atoms with Gasteiger partial charge in [-0.3, -0.25) is 4.79 Å². The van der Waals surface area contributed by atoms with Gasteiger partial charge in [-0.05, 0) is 61.1 Å². The van der Waals surface area contributed by atoms with E-state index in [9.17, 15) is 9.59 Å². The molecule has 1 aliphatic carbocycles. The van der Waals surface area contributed by atoms with Crippen LogP contribution in [-0.2, 0) is 15.0 Å². The summed E-state index contributed by atoms with van der Waals surface area (Å²) in [6.07, 6.45) is 11.5. The Labute approximate surface area is 237 Å². The maximum absolute atomic E-state index is 13.2. The molecule has 0 bridgehead atoms. The van der Waals surface area contributed by atoms with E-state index in [2.05, 4.69) is 57.1 Å². The molecule has 3 aromatic rings. The van der Waals surface area contributed by atoms with Crippen LogP contribution in [0.25, 0.3) is 5.57 Å². The van der Waals surface area contributed by atoms with E-state index in [0.717, 1.165) is 36.8 Å². The van der Waals surface area contributed by atoms with Gasteiger partial charge in [-0.1, -0.05) is 92.9 Å². The van der Waals surface area contributed by atoms with Crippen LogP contribution in [0, 0.1) is 12.8 Å². The van der Waals surface area contributed by atoms with Gasteiger partial charge in [0.2, 0.25) is 0 Å². The smallest absolute Gasteiger partial charge is 0.331 e. The first kappa shape index (κ1) is 29.0. The van der Waals surface area contributed by atoms with Crippen molar-refractivity contribution in [3.05, 3.63) is 112 Å².